The van der Waals surface area contributed by atoms with Gasteiger partial charge in [-0.15, -0.1) is 0 Å². The van der Waals surface area contributed by atoms with E-state index in [9.17, 15) is 4.79 Å². The molecule has 0 atom stereocenters. The Balaban J connectivity index is 1.87. The monoisotopic (exact) mass is 345 g/mol. The van der Waals surface area contributed by atoms with Crippen molar-refractivity contribution in [2.45, 2.75) is 39.2 Å². The lowest BCUT2D eigenvalue weighted by Gasteiger charge is -2.12. The number of esters is 1. The first-order valence-corrected chi connectivity index (χ1v) is 8.33. The van der Waals surface area contributed by atoms with Gasteiger partial charge in [-0.2, -0.15) is 0 Å². The maximum absolute atomic E-state index is 11.9. The van der Waals surface area contributed by atoms with Crippen molar-refractivity contribution >= 4 is 23.4 Å². The van der Waals surface area contributed by atoms with Gasteiger partial charge in [0.1, 0.15) is 16.7 Å². The number of aryl methyl sites for hydroxylation is 2. The second-order valence-electron chi connectivity index (χ2n) is 6.13. The Labute approximate surface area is 146 Å². The van der Waals surface area contributed by atoms with Crippen LogP contribution in [-0.4, -0.2) is 23.0 Å². The molecule has 1 aromatic heterocycles. The van der Waals surface area contributed by atoms with Gasteiger partial charge in [0.25, 0.3) is 0 Å². The molecule has 3 rings (SSSR count). The van der Waals surface area contributed by atoms with Crippen LogP contribution in [0.5, 0.6) is 0 Å². The molecule has 0 aliphatic heterocycles. The number of halogens is 1. The second-order valence-corrected chi connectivity index (χ2v) is 6.51. The number of carbonyl (C=O) groups excluding carboxylic acids is 1. The van der Waals surface area contributed by atoms with Gasteiger partial charge < -0.3 is 10.1 Å². The number of benzene rings is 1. The van der Waals surface area contributed by atoms with Gasteiger partial charge in [-0.1, -0.05) is 29.8 Å². The van der Waals surface area contributed by atoms with Gasteiger partial charge in [0.15, 0.2) is 5.69 Å². The fraction of sp³-hybridized carbons (Fsp3) is 0.389. The molecule has 1 fully saturated rings. The van der Waals surface area contributed by atoms with E-state index >= 15 is 0 Å². The Morgan fingerprint density at radius 3 is 2.67 bits per heavy atom. The van der Waals surface area contributed by atoms with Crippen LogP contribution in [0.25, 0.3) is 0 Å². The summed E-state index contributed by atoms with van der Waals surface area (Å²) in [5.41, 5.74) is 3.74. The summed E-state index contributed by atoms with van der Waals surface area (Å²) in [6.07, 6.45) is 2.08. The molecule has 0 radical (unpaired) electrons. The zero-order valence-electron chi connectivity index (χ0n) is 14.0. The first-order valence-electron chi connectivity index (χ1n) is 7.95. The summed E-state index contributed by atoms with van der Waals surface area (Å²) >= 11 is 6.31. The van der Waals surface area contributed by atoms with Gasteiger partial charge in [-0.05, 0) is 43.4 Å². The minimum Gasteiger partial charge on any atom is -0.464 e. The Morgan fingerprint density at radius 1 is 1.29 bits per heavy atom. The van der Waals surface area contributed by atoms with E-state index in [1.165, 1.54) is 18.2 Å². The molecule has 0 saturated heterocycles. The lowest BCUT2D eigenvalue weighted by atomic mass is 10.1. The molecule has 1 aromatic carbocycles. The third-order valence-corrected chi connectivity index (χ3v) is 4.58. The largest absolute Gasteiger partial charge is 0.464 e. The summed E-state index contributed by atoms with van der Waals surface area (Å²) in [5.74, 6) is 0.904. The molecule has 126 valence electrons. The van der Waals surface area contributed by atoms with Crippen molar-refractivity contribution < 1.29 is 9.53 Å². The van der Waals surface area contributed by atoms with Crippen LogP contribution in [0.3, 0.4) is 0 Å². The molecule has 1 aliphatic carbocycles. The molecule has 0 unspecified atom stereocenters. The van der Waals surface area contributed by atoms with Gasteiger partial charge in [0.2, 0.25) is 0 Å². The first-order chi connectivity index (χ1) is 11.5. The summed E-state index contributed by atoms with van der Waals surface area (Å²) in [5, 5.41) is 3.43. The van der Waals surface area contributed by atoms with Crippen molar-refractivity contribution in [2.75, 3.05) is 12.4 Å². The van der Waals surface area contributed by atoms with E-state index in [0.717, 1.165) is 18.4 Å². The number of hydrogen-bond acceptors (Lipinski definition) is 5. The Morgan fingerprint density at radius 2 is 2.04 bits per heavy atom. The standard InChI is InChI=1S/C18H20ClN3O2/c1-10-4-5-12(8-11(10)2)9-20-17-14(19)15(18(23)24-3)21-16(22-17)13-6-7-13/h4-5,8,13H,6-7,9H2,1-3H3,(H,20,21,22). The molecule has 24 heavy (non-hydrogen) atoms. The molecule has 2 aromatic rings. The summed E-state index contributed by atoms with van der Waals surface area (Å²) < 4.78 is 4.78. The van der Waals surface area contributed by atoms with Crippen LogP contribution in [0, 0.1) is 13.8 Å². The topological polar surface area (TPSA) is 64.1 Å². The first kappa shape index (κ1) is 16.7. The van der Waals surface area contributed by atoms with Crippen LogP contribution in [0.4, 0.5) is 5.82 Å². The normalized spacial score (nSPS) is 13.7. The summed E-state index contributed by atoms with van der Waals surface area (Å²) in [4.78, 5) is 20.7. The molecule has 1 saturated carbocycles. The van der Waals surface area contributed by atoms with Crippen molar-refractivity contribution in [2.24, 2.45) is 0 Å². The van der Waals surface area contributed by atoms with E-state index in [2.05, 4.69) is 47.3 Å². The SMILES string of the molecule is COC(=O)c1nc(C2CC2)nc(NCc2ccc(C)c(C)c2)c1Cl. The zero-order chi connectivity index (χ0) is 17.3. The molecule has 5 nitrogen and oxygen atoms in total. The highest BCUT2D eigenvalue weighted by molar-refractivity contribution is 6.35. The Bertz CT molecular complexity index is 788. The smallest absolute Gasteiger partial charge is 0.358 e. The lowest BCUT2D eigenvalue weighted by molar-refractivity contribution is 0.0593. The van der Waals surface area contributed by atoms with Crippen LogP contribution < -0.4 is 5.32 Å². The highest BCUT2D eigenvalue weighted by Gasteiger charge is 2.30. The summed E-state index contributed by atoms with van der Waals surface area (Å²) in [7, 11) is 1.32. The number of ether oxygens (including phenoxy) is 1. The second kappa shape index (κ2) is 6.77. The van der Waals surface area contributed by atoms with Gasteiger partial charge in [0.05, 0.1) is 7.11 Å². The molecule has 0 bridgehead atoms. The van der Waals surface area contributed by atoms with Crippen molar-refractivity contribution in [3.05, 3.63) is 51.4 Å². The predicted molar refractivity (Wildman–Crippen MR) is 93.6 cm³/mol. The van der Waals surface area contributed by atoms with Gasteiger partial charge in [0, 0.05) is 12.5 Å². The minimum atomic E-state index is -0.543. The number of rotatable bonds is 5. The minimum absolute atomic E-state index is 0.124. The highest BCUT2D eigenvalue weighted by atomic mass is 35.5. The highest BCUT2D eigenvalue weighted by Crippen LogP contribution is 2.39. The fourth-order valence-electron chi connectivity index (χ4n) is 2.44. The molecule has 6 heteroatoms. The number of nitrogens with zero attached hydrogens (tertiary/aromatic N) is 2. The van der Waals surface area contributed by atoms with E-state index in [1.807, 2.05) is 0 Å². The third kappa shape index (κ3) is 3.51. The Hall–Kier alpha value is -2.14. The van der Waals surface area contributed by atoms with Crippen LogP contribution in [-0.2, 0) is 11.3 Å². The maximum Gasteiger partial charge on any atom is 0.358 e. The van der Waals surface area contributed by atoms with Gasteiger partial charge in [-0.3, -0.25) is 0 Å². The average molecular weight is 346 g/mol. The molecule has 0 spiro atoms. The molecular formula is C18H20ClN3O2. The van der Waals surface area contributed by atoms with Gasteiger partial charge >= 0.3 is 5.97 Å². The van der Waals surface area contributed by atoms with E-state index in [4.69, 9.17) is 16.3 Å². The van der Waals surface area contributed by atoms with E-state index in [0.29, 0.717) is 24.1 Å². The summed E-state index contributed by atoms with van der Waals surface area (Å²) in [6, 6.07) is 6.28. The molecule has 0 amide bonds. The van der Waals surface area contributed by atoms with Crippen molar-refractivity contribution in [3.8, 4) is 0 Å². The van der Waals surface area contributed by atoms with Gasteiger partial charge in [-0.25, -0.2) is 14.8 Å². The quantitative estimate of drug-likeness (QED) is 0.829. The average Bonchev–Trinajstić information content (AvgIpc) is 3.41. The third-order valence-electron chi connectivity index (χ3n) is 4.22. The number of methoxy groups -OCH3 is 1. The number of anilines is 1. The summed E-state index contributed by atoms with van der Waals surface area (Å²) in [6.45, 7) is 4.73. The van der Waals surface area contributed by atoms with E-state index in [1.54, 1.807) is 0 Å². The predicted octanol–water partition coefficient (Wildman–Crippen LogP) is 4.02. The molecule has 1 aliphatic rings. The zero-order valence-corrected chi connectivity index (χ0v) is 14.8. The number of carbonyl (C=O) groups is 1. The molecule has 1 heterocycles. The van der Waals surface area contributed by atoms with Crippen molar-refractivity contribution in [1.29, 1.82) is 0 Å². The maximum atomic E-state index is 11.9. The van der Waals surface area contributed by atoms with Crippen LogP contribution in [0.1, 0.15) is 51.8 Å². The van der Waals surface area contributed by atoms with Crippen LogP contribution >= 0.6 is 11.6 Å². The number of aromatic nitrogens is 2. The number of nitrogens with one attached hydrogen (secondary N) is 1. The molecular weight excluding hydrogens is 326 g/mol. The number of hydrogen-bond donors (Lipinski definition) is 1. The Kier molecular flexibility index (Phi) is 4.71. The van der Waals surface area contributed by atoms with Crippen LogP contribution in [0.15, 0.2) is 18.2 Å². The lowest BCUT2D eigenvalue weighted by Crippen LogP contribution is -2.12. The van der Waals surface area contributed by atoms with Crippen molar-refractivity contribution in [1.82, 2.24) is 9.97 Å². The van der Waals surface area contributed by atoms with E-state index in [-0.39, 0.29) is 10.7 Å². The van der Waals surface area contributed by atoms with E-state index < -0.39 is 5.97 Å². The van der Waals surface area contributed by atoms with Crippen LogP contribution in [0.2, 0.25) is 5.02 Å². The van der Waals surface area contributed by atoms with Crippen molar-refractivity contribution in [3.63, 3.8) is 0 Å². The fourth-order valence-corrected chi connectivity index (χ4v) is 2.67. The molecule has 1 N–H and O–H groups in total.